The van der Waals surface area contributed by atoms with Crippen molar-refractivity contribution >= 4 is 17.8 Å². The van der Waals surface area contributed by atoms with E-state index in [1.165, 1.54) is 6.21 Å². The first-order valence-corrected chi connectivity index (χ1v) is 14.1. The highest BCUT2D eigenvalue weighted by Crippen LogP contribution is 2.40. The molecule has 3 aliphatic heterocycles. The van der Waals surface area contributed by atoms with Crippen LogP contribution in [0, 0.1) is 5.92 Å². The number of amides is 1. The number of fused-ring (bicyclic) bond motifs is 1. The van der Waals surface area contributed by atoms with E-state index in [9.17, 15) is 13.6 Å². The predicted octanol–water partition coefficient (Wildman–Crippen LogP) is 0.547. The number of hydrogen-bond donors (Lipinski definition) is 5. The Morgan fingerprint density at radius 2 is 2.03 bits per heavy atom. The summed E-state index contributed by atoms with van der Waals surface area (Å²) in [6.45, 7) is 7.90. The summed E-state index contributed by atoms with van der Waals surface area (Å²) < 4.78 is 28.9. The van der Waals surface area contributed by atoms with Crippen molar-refractivity contribution in [1.82, 2.24) is 20.9 Å². The molecule has 212 valence electrons. The molecule has 1 aromatic carbocycles. The Labute approximate surface area is 225 Å². The zero-order valence-corrected chi connectivity index (χ0v) is 23.1. The predicted molar refractivity (Wildman–Crippen MR) is 147 cm³/mol. The smallest absolute Gasteiger partial charge is 0.264 e. The van der Waals surface area contributed by atoms with E-state index in [0.717, 1.165) is 56.4 Å². The first-order valence-electron chi connectivity index (χ1n) is 14.1. The standard InChI is InChI=1S/C28H45F2N7O/c1-18(38)36-12-8-24(35-20-6-9-34-10-7-20)22(15-36)27(32)37-11-4-5-19-13-23(28(2,16-31)17-33-3)21(26(29)30)14-25(19)37/h13-14,16,20,22,24,26-27,31,33-35H,4-12,15,17,32H2,1-3H3/p+1. The van der Waals surface area contributed by atoms with E-state index in [2.05, 4.69) is 20.9 Å². The van der Waals surface area contributed by atoms with Gasteiger partial charge < -0.3 is 31.5 Å². The van der Waals surface area contributed by atoms with E-state index < -0.39 is 18.0 Å². The third-order valence-corrected chi connectivity index (χ3v) is 8.86. The largest absolute Gasteiger partial charge is 0.356 e. The minimum absolute atomic E-state index is 0.000636. The van der Waals surface area contributed by atoms with Gasteiger partial charge in [0, 0.05) is 62.4 Å². The number of likely N-dealkylation sites (tertiary alicyclic amines) is 1. The quantitative estimate of drug-likeness (QED) is 0.296. The van der Waals surface area contributed by atoms with Crippen LogP contribution >= 0.6 is 0 Å². The Hall–Kier alpha value is -2.14. The summed E-state index contributed by atoms with van der Waals surface area (Å²) in [5.74, 6) is 0.0307. The van der Waals surface area contributed by atoms with Crippen LogP contribution in [-0.4, -0.2) is 81.6 Å². The molecule has 1 amide bonds. The van der Waals surface area contributed by atoms with E-state index in [0.29, 0.717) is 37.8 Å². The van der Waals surface area contributed by atoms with Crippen LogP contribution in [0.2, 0.25) is 0 Å². The van der Waals surface area contributed by atoms with Gasteiger partial charge >= 0.3 is 0 Å². The highest BCUT2D eigenvalue weighted by Gasteiger charge is 2.40. The van der Waals surface area contributed by atoms with Gasteiger partial charge in [0.15, 0.2) is 0 Å². The molecule has 0 aliphatic carbocycles. The number of carbonyl (C=O) groups excluding carboxylic acids is 1. The molecule has 4 unspecified atom stereocenters. The molecule has 0 bridgehead atoms. The number of aryl methyl sites for hydroxylation is 1. The topological polar surface area (TPSA) is 111 Å². The number of halogens is 2. The van der Waals surface area contributed by atoms with Gasteiger partial charge in [-0.05, 0) is 76.4 Å². The molecular formula is C28H46F2N7O+. The van der Waals surface area contributed by atoms with Gasteiger partial charge in [0.2, 0.25) is 5.91 Å². The maximum absolute atomic E-state index is 14.5. The maximum Gasteiger partial charge on any atom is 0.264 e. The third-order valence-electron chi connectivity index (χ3n) is 8.86. The van der Waals surface area contributed by atoms with Gasteiger partial charge in [0.05, 0.1) is 11.6 Å². The van der Waals surface area contributed by atoms with Crippen LogP contribution < -0.4 is 32.0 Å². The molecule has 2 saturated heterocycles. The van der Waals surface area contributed by atoms with Crippen LogP contribution in [-0.2, 0) is 16.6 Å². The zero-order chi connectivity index (χ0) is 27.4. The number of nitrogens with two attached hydrogens (primary N) is 2. The van der Waals surface area contributed by atoms with Gasteiger partial charge in [-0.1, -0.05) is 6.07 Å². The van der Waals surface area contributed by atoms with Crippen molar-refractivity contribution in [2.24, 2.45) is 11.7 Å². The van der Waals surface area contributed by atoms with Crippen LogP contribution in [0.15, 0.2) is 12.1 Å². The lowest BCUT2D eigenvalue weighted by molar-refractivity contribution is -0.131. The van der Waals surface area contributed by atoms with Gasteiger partial charge in [0.25, 0.3) is 6.43 Å². The molecule has 10 heteroatoms. The van der Waals surface area contributed by atoms with E-state index in [-0.39, 0.29) is 23.4 Å². The SMILES string of the molecule is CNCC(C)(C=[NH2+])c1cc2c(cc1C(F)F)N(C(N)C1CN(C(C)=O)CCC1NC1CCNCC1)CCC2. The summed E-state index contributed by atoms with van der Waals surface area (Å²) in [7, 11) is 1.80. The number of rotatable bonds is 9. The lowest BCUT2D eigenvalue weighted by Crippen LogP contribution is -2.63. The molecule has 0 saturated carbocycles. The highest BCUT2D eigenvalue weighted by atomic mass is 19.3. The molecule has 4 rings (SSSR count). The minimum atomic E-state index is -2.64. The Balaban J connectivity index is 1.67. The summed E-state index contributed by atoms with van der Waals surface area (Å²) in [4.78, 5) is 16.3. The molecule has 8 nitrogen and oxygen atoms in total. The Kier molecular flexibility index (Phi) is 9.39. The molecule has 7 N–H and O–H groups in total. The first-order chi connectivity index (χ1) is 18.2. The normalized spacial score (nSPS) is 25.1. The average Bonchev–Trinajstić information content (AvgIpc) is 2.92. The second-order valence-electron chi connectivity index (χ2n) is 11.5. The lowest BCUT2D eigenvalue weighted by atomic mass is 9.78. The summed E-state index contributed by atoms with van der Waals surface area (Å²) in [6.07, 6.45) is 3.11. The van der Waals surface area contributed by atoms with Crippen LogP contribution in [0.3, 0.4) is 0 Å². The van der Waals surface area contributed by atoms with Crippen LogP contribution in [0.25, 0.3) is 0 Å². The maximum atomic E-state index is 14.5. The number of alkyl halides is 2. The monoisotopic (exact) mass is 534 g/mol. The summed E-state index contributed by atoms with van der Waals surface area (Å²) in [6, 6.07) is 4.14. The van der Waals surface area contributed by atoms with Crippen molar-refractivity contribution in [2.45, 2.75) is 76.0 Å². The van der Waals surface area contributed by atoms with Crippen molar-refractivity contribution in [1.29, 1.82) is 0 Å². The van der Waals surface area contributed by atoms with Crippen LogP contribution in [0.1, 0.15) is 62.6 Å². The van der Waals surface area contributed by atoms with E-state index >= 15 is 0 Å². The van der Waals surface area contributed by atoms with Crippen LogP contribution in [0.5, 0.6) is 0 Å². The number of nitrogens with zero attached hydrogens (tertiary/aromatic N) is 2. The third kappa shape index (κ3) is 6.03. The first kappa shape index (κ1) is 28.9. The number of benzene rings is 1. The molecule has 0 aromatic heterocycles. The second kappa shape index (κ2) is 12.4. The lowest BCUT2D eigenvalue weighted by Gasteiger charge is -2.47. The molecule has 3 heterocycles. The van der Waals surface area contributed by atoms with Gasteiger partial charge in [-0.15, -0.1) is 0 Å². The van der Waals surface area contributed by atoms with Crippen molar-refractivity contribution in [3.63, 3.8) is 0 Å². The van der Waals surface area contributed by atoms with Crippen molar-refractivity contribution in [2.75, 3.05) is 51.2 Å². The van der Waals surface area contributed by atoms with Crippen LogP contribution in [0.4, 0.5) is 14.5 Å². The molecular weight excluding hydrogens is 488 g/mol. The zero-order valence-electron chi connectivity index (χ0n) is 23.1. The van der Waals surface area contributed by atoms with Gasteiger partial charge in [-0.3, -0.25) is 10.2 Å². The number of likely N-dealkylation sites (N-methyl/N-ethyl adjacent to an activating group) is 1. The number of anilines is 1. The second-order valence-corrected chi connectivity index (χ2v) is 11.5. The summed E-state index contributed by atoms with van der Waals surface area (Å²) in [5.41, 5.74) is 8.67. The number of hydrogen-bond acceptors (Lipinski definition) is 6. The van der Waals surface area contributed by atoms with Gasteiger partial charge in [-0.25, -0.2) is 8.78 Å². The van der Waals surface area contributed by atoms with Crippen molar-refractivity contribution in [3.05, 3.63) is 28.8 Å². The Bertz CT molecular complexity index is 986. The molecule has 1 aromatic rings. The molecule has 2 fully saturated rings. The Morgan fingerprint density at radius 1 is 1.29 bits per heavy atom. The molecule has 0 radical (unpaired) electrons. The van der Waals surface area contributed by atoms with E-state index in [4.69, 9.17) is 11.1 Å². The molecule has 0 spiro atoms. The molecule has 3 aliphatic rings. The molecule has 4 atom stereocenters. The fraction of sp³-hybridized carbons (Fsp3) is 0.714. The summed E-state index contributed by atoms with van der Waals surface area (Å²) >= 11 is 0. The Morgan fingerprint density at radius 3 is 2.66 bits per heavy atom. The number of nitrogens with one attached hydrogen (secondary N) is 3. The van der Waals surface area contributed by atoms with E-state index in [1.54, 1.807) is 20.0 Å². The number of piperidine rings is 2. The minimum Gasteiger partial charge on any atom is -0.356 e. The van der Waals surface area contributed by atoms with Gasteiger partial charge in [-0.2, -0.15) is 0 Å². The number of carbonyl (C=O) groups is 1. The highest BCUT2D eigenvalue weighted by molar-refractivity contribution is 5.74. The molecule has 38 heavy (non-hydrogen) atoms. The van der Waals surface area contributed by atoms with Gasteiger partial charge in [0.1, 0.15) is 6.21 Å². The van der Waals surface area contributed by atoms with Crippen molar-refractivity contribution < 1.29 is 19.0 Å². The fourth-order valence-corrected chi connectivity index (χ4v) is 6.62. The summed E-state index contributed by atoms with van der Waals surface area (Å²) in [5, 5.41) is 16.4. The van der Waals surface area contributed by atoms with Crippen molar-refractivity contribution in [3.8, 4) is 0 Å². The van der Waals surface area contributed by atoms with E-state index in [1.807, 2.05) is 17.9 Å². The average molecular weight is 535 g/mol. The fourth-order valence-electron chi connectivity index (χ4n) is 6.62.